The van der Waals surface area contributed by atoms with E-state index < -0.39 is 17.9 Å². The third kappa shape index (κ3) is 3.52. The Morgan fingerprint density at radius 2 is 2.06 bits per heavy atom. The van der Waals surface area contributed by atoms with Gasteiger partial charge in [0, 0.05) is 43.1 Å². The van der Waals surface area contributed by atoms with E-state index in [4.69, 9.17) is 11.5 Å². The zero-order chi connectivity index (χ0) is 23.5. The summed E-state index contributed by atoms with van der Waals surface area (Å²) in [5.41, 5.74) is 14.8. The number of H-pyrrole nitrogens is 1. The fourth-order valence-corrected chi connectivity index (χ4v) is 4.12. The predicted molar refractivity (Wildman–Crippen MR) is 119 cm³/mol. The molecule has 1 amide bonds. The van der Waals surface area contributed by atoms with Crippen molar-refractivity contribution in [3.63, 3.8) is 0 Å². The Bertz CT molecular complexity index is 1400. The predicted octanol–water partition coefficient (Wildman–Crippen LogP) is 2.62. The topological polar surface area (TPSA) is 153 Å². The monoisotopic (exact) mass is 453 g/mol. The van der Waals surface area contributed by atoms with E-state index >= 15 is 0 Å². The normalized spacial score (nSPS) is 15.5. The fraction of sp³-hybridized carbons (Fsp3) is 0.286. The Morgan fingerprint density at radius 3 is 2.76 bits per heavy atom. The van der Waals surface area contributed by atoms with Crippen molar-refractivity contribution in [1.82, 2.24) is 29.9 Å². The zero-order valence-corrected chi connectivity index (χ0v) is 17.9. The van der Waals surface area contributed by atoms with Crippen molar-refractivity contribution < 1.29 is 13.6 Å². The van der Waals surface area contributed by atoms with Crippen molar-refractivity contribution in [2.75, 3.05) is 11.1 Å². The third-order valence-electron chi connectivity index (χ3n) is 5.75. The smallest absolute Gasteiger partial charge is 0.269 e. The molecule has 1 aromatic carbocycles. The first-order valence-corrected chi connectivity index (χ1v) is 10.2. The number of nitrogens with one attached hydrogen (secondary N) is 2. The molecule has 6 N–H and O–H groups in total. The number of carbonyl (C=O) groups is 1. The number of benzene rings is 1. The van der Waals surface area contributed by atoms with Crippen LogP contribution in [0.3, 0.4) is 0 Å². The lowest BCUT2D eigenvalue weighted by Gasteiger charge is -2.35. The first kappa shape index (κ1) is 20.8. The quantitative estimate of drug-likeness (QED) is 0.362. The van der Waals surface area contributed by atoms with E-state index in [9.17, 15) is 13.6 Å². The van der Waals surface area contributed by atoms with Crippen LogP contribution in [-0.4, -0.2) is 47.8 Å². The fourth-order valence-electron chi connectivity index (χ4n) is 4.12. The van der Waals surface area contributed by atoms with Gasteiger partial charge in [0.1, 0.15) is 0 Å². The SMILES string of the molecule is Cc1ccc2[nH]ncc2c1-c1nc(-c2cn(C)nc2NC2CC(F)(F)C2)nc(C(N)=O)c1N. The first-order chi connectivity index (χ1) is 15.6. The number of amides is 1. The maximum atomic E-state index is 13.3. The van der Waals surface area contributed by atoms with Crippen LogP contribution in [0.2, 0.25) is 0 Å². The number of nitrogen functional groups attached to an aromatic ring is 1. The molecule has 12 heteroatoms. The Hall–Kier alpha value is -4.09. The molecule has 0 bridgehead atoms. The lowest BCUT2D eigenvalue weighted by Crippen LogP contribution is -2.44. The van der Waals surface area contributed by atoms with Crippen molar-refractivity contribution in [1.29, 1.82) is 0 Å². The molecule has 4 aromatic rings. The molecule has 1 aliphatic carbocycles. The molecule has 1 saturated carbocycles. The molecule has 5 rings (SSSR count). The van der Waals surface area contributed by atoms with Gasteiger partial charge in [0.25, 0.3) is 11.8 Å². The summed E-state index contributed by atoms with van der Waals surface area (Å²) in [6, 6.07) is 3.33. The Balaban J connectivity index is 1.68. The Kier molecular flexibility index (Phi) is 4.55. The van der Waals surface area contributed by atoms with Gasteiger partial charge in [-0.25, -0.2) is 18.7 Å². The lowest BCUT2D eigenvalue weighted by molar-refractivity contribution is -0.0794. The summed E-state index contributed by atoms with van der Waals surface area (Å²) in [5, 5.41) is 15.1. The molecule has 170 valence electrons. The van der Waals surface area contributed by atoms with Gasteiger partial charge in [0.15, 0.2) is 17.3 Å². The minimum Gasteiger partial charge on any atom is -0.395 e. The summed E-state index contributed by atoms with van der Waals surface area (Å²) < 4.78 is 28.2. The van der Waals surface area contributed by atoms with Crippen LogP contribution < -0.4 is 16.8 Å². The third-order valence-corrected chi connectivity index (χ3v) is 5.75. The van der Waals surface area contributed by atoms with Gasteiger partial charge in [-0.15, -0.1) is 0 Å². The number of alkyl halides is 2. The van der Waals surface area contributed by atoms with Crippen LogP contribution in [0.15, 0.2) is 24.5 Å². The van der Waals surface area contributed by atoms with Crippen LogP contribution in [0.4, 0.5) is 20.3 Å². The number of primary amides is 1. The molecular formula is C21H21F2N9O. The van der Waals surface area contributed by atoms with Crippen LogP contribution in [-0.2, 0) is 7.05 Å². The molecule has 0 unspecified atom stereocenters. The average molecular weight is 453 g/mol. The number of halogens is 2. The highest BCUT2D eigenvalue weighted by Gasteiger charge is 2.45. The van der Waals surface area contributed by atoms with Crippen LogP contribution in [0, 0.1) is 6.92 Å². The summed E-state index contributed by atoms with van der Waals surface area (Å²) >= 11 is 0. The van der Waals surface area contributed by atoms with E-state index in [-0.39, 0.29) is 30.0 Å². The summed E-state index contributed by atoms with van der Waals surface area (Å²) in [6.45, 7) is 1.89. The number of aromatic amines is 1. The summed E-state index contributed by atoms with van der Waals surface area (Å²) in [7, 11) is 1.69. The van der Waals surface area contributed by atoms with Crippen molar-refractivity contribution >= 4 is 28.3 Å². The van der Waals surface area contributed by atoms with Crippen LogP contribution >= 0.6 is 0 Å². The number of nitrogens with zero attached hydrogens (tertiary/aromatic N) is 5. The van der Waals surface area contributed by atoms with Crippen LogP contribution in [0.25, 0.3) is 33.5 Å². The maximum absolute atomic E-state index is 13.3. The number of aryl methyl sites for hydroxylation is 2. The van der Waals surface area contributed by atoms with E-state index in [0.29, 0.717) is 22.6 Å². The van der Waals surface area contributed by atoms with E-state index in [1.165, 1.54) is 4.68 Å². The number of hydrogen-bond acceptors (Lipinski definition) is 7. The van der Waals surface area contributed by atoms with Gasteiger partial charge in [0.2, 0.25) is 0 Å². The second-order valence-electron chi connectivity index (χ2n) is 8.28. The van der Waals surface area contributed by atoms with Gasteiger partial charge in [0.05, 0.1) is 28.7 Å². The largest absolute Gasteiger partial charge is 0.395 e. The van der Waals surface area contributed by atoms with Gasteiger partial charge in [-0.3, -0.25) is 14.6 Å². The minimum absolute atomic E-state index is 0.0417. The number of hydrogen-bond donors (Lipinski definition) is 4. The standard InChI is InChI=1S/C21H21F2N9O/c1-9-3-4-13-11(7-26-30-13)14(9)16-15(24)17(18(25)33)29-19(28-16)12-8-32(2)31-20(12)27-10-5-21(22,23)6-10/h3-4,7-8,10H,5-6,24H2,1-2H3,(H2,25,33)(H,26,30)(H,27,31). The molecule has 3 aromatic heterocycles. The van der Waals surface area contributed by atoms with E-state index in [0.717, 1.165) is 16.5 Å². The van der Waals surface area contributed by atoms with Gasteiger partial charge < -0.3 is 16.8 Å². The highest BCUT2D eigenvalue weighted by atomic mass is 19.3. The number of rotatable bonds is 5. The molecule has 1 fully saturated rings. The number of aromatic nitrogens is 6. The average Bonchev–Trinajstić information content (AvgIpc) is 3.33. The van der Waals surface area contributed by atoms with Crippen molar-refractivity contribution in [3.05, 3.63) is 35.8 Å². The second-order valence-corrected chi connectivity index (χ2v) is 8.28. The van der Waals surface area contributed by atoms with Gasteiger partial charge >= 0.3 is 0 Å². The molecular weight excluding hydrogens is 432 g/mol. The number of fused-ring (bicyclic) bond motifs is 1. The van der Waals surface area contributed by atoms with Crippen molar-refractivity contribution in [2.24, 2.45) is 12.8 Å². The summed E-state index contributed by atoms with van der Waals surface area (Å²) in [4.78, 5) is 21.2. The van der Waals surface area contributed by atoms with Crippen LogP contribution in [0.5, 0.6) is 0 Å². The molecule has 0 saturated heterocycles. The number of anilines is 2. The maximum Gasteiger partial charge on any atom is 0.269 e. The van der Waals surface area contributed by atoms with E-state index in [2.05, 4.69) is 30.6 Å². The van der Waals surface area contributed by atoms with Crippen LogP contribution in [0.1, 0.15) is 28.9 Å². The molecule has 0 atom stereocenters. The van der Waals surface area contributed by atoms with Gasteiger partial charge in [-0.2, -0.15) is 10.2 Å². The first-order valence-electron chi connectivity index (χ1n) is 10.2. The molecule has 3 heterocycles. The summed E-state index contributed by atoms with van der Waals surface area (Å²) in [6.07, 6.45) is 2.72. The lowest BCUT2D eigenvalue weighted by atomic mass is 9.88. The molecule has 0 radical (unpaired) electrons. The second kappa shape index (κ2) is 7.22. The molecule has 1 aliphatic rings. The van der Waals surface area contributed by atoms with Crippen molar-refractivity contribution in [2.45, 2.75) is 31.7 Å². The van der Waals surface area contributed by atoms with Crippen molar-refractivity contribution in [3.8, 4) is 22.6 Å². The summed E-state index contributed by atoms with van der Waals surface area (Å²) in [5.74, 6) is -3.01. The molecule has 0 aliphatic heterocycles. The molecule has 33 heavy (non-hydrogen) atoms. The Morgan fingerprint density at radius 1 is 1.30 bits per heavy atom. The Labute approximate surface area is 186 Å². The number of carbonyl (C=O) groups excluding carboxylic acids is 1. The van der Waals surface area contributed by atoms with E-state index in [1.54, 1.807) is 19.4 Å². The molecule has 10 nitrogen and oxygen atoms in total. The van der Waals surface area contributed by atoms with Gasteiger partial charge in [-0.1, -0.05) is 6.07 Å². The zero-order valence-electron chi connectivity index (χ0n) is 17.9. The highest BCUT2D eigenvalue weighted by Crippen LogP contribution is 2.41. The highest BCUT2D eigenvalue weighted by molar-refractivity contribution is 6.04. The minimum atomic E-state index is -2.68. The molecule has 0 spiro atoms. The van der Waals surface area contributed by atoms with E-state index in [1.807, 2.05) is 19.1 Å². The van der Waals surface area contributed by atoms with Gasteiger partial charge in [-0.05, 0) is 18.6 Å². The number of nitrogens with two attached hydrogens (primary N) is 2.